The van der Waals surface area contributed by atoms with Crippen LogP contribution in [0.3, 0.4) is 0 Å². The van der Waals surface area contributed by atoms with Crippen LogP contribution in [0.5, 0.6) is 0 Å². The third-order valence-corrected chi connectivity index (χ3v) is 3.86. The molecular weight excluding hydrogens is 324 g/mol. The van der Waals surface area contributed by atoms with E-state index in [-0.39, 0.29) is 0 Å². The zero-order valence-electron chi connectivity index (χ0n) is 11.0. The number of benzene rings is 2. The minimum Gasteiger partial charge on any atom is -0.381 e. The molecule has 0 aliphatic rings. The zero-order chi connectivity index (χ0) is 13.8. The van der Waals surface area contributed by atoms with Gasteiger partial charge in [-0.3, -0.25) is 0 Å². The highest BCUT2D eigenvalue weighted by Crippen LogP contribution is 2.23. The van der Waals surface area contributed by atoms with E-state index < -0.39 is 0 Å². The second-order valence-corrected chi connectivity index (χ2v) is 5.82. The van der Waals surface area contributed by atoms with Gasteiger partial charge < -0.3 is 10.2 Å². The van der Waals surface area contributed by atoms with Crippen LogP contribution in [0, 0.1) is 0 Å². The molecule has 4 heteroatoms. The van der Waals surface area contributed by atoms with E-state index in [9.17, 15) is 0 Å². The molecule has 19 heavy (non-hydrogen) atoms. The highest BCUT2D eigenvalue weighted by Gasteiger charge is 2.02. The first-order chi connectivity index (χ1) is 9.06. The lowest BCUT2D eigenvalue weighted by Gasteiger charge is -2.15. The molecule has 0 saturated carbocycles. The van der Waals surface area contributed by atoms with Crippen molar-refractivity contribution < 1.29 is 0 Å². The van der Waals surface area contributed by atoms with Crippen molar-refractivity contribution in [2.75, 3.05) is 24.3 Å². The number of nitrogens with zero attached hydrogens (tertiary/aromatic N) is 1. The van der Waals surface area contributed by atoms with E-state index in [4.69, 9.17) is 11.6 Å². The Kier molecular flexibility index (Phi) is 4.72. The fraction of sp³-hybridized carbons (Fsp3) is 0.200. The van der Waals surface area contributed by atoms with Gasteiger partial charge in [-0.2, -0.15) is 0 Å². The summed E-state index contributed by atoms with van der Waals surface area (Å²) in [5.41, 5.74) is 3.41. The maximum Gasteiger partial charge on any atom is 0.0412 e. The van der Waals surface area contributed by atoms with Crippen LogP contribution in [0.15, 0.2) is 46.9 Å². The molecule has 0 unspecified atom stereocenters. The topological polar surface area (TPSA) is 15.3 Å². The first-order valence-electron chi connectivity index (χ1n) is 6.01. The fourth-order valence-corrected chi connectivity index (χ4v) is 2.35. The molecule has 0 radical (unpaired) electrons. The second kappa shape index (κ2) is 6.31. The van der Waals surface area contributed by atoms with E-state index in [1.54, 1.807) is 0 Å². The molecular formula is C15H16BrClN2. The lowest BCUT2D eigenvalue weighted by atomic mass is 10.2. The Morgan fingerprint density at radius 2 is 1.95 bits per heavy atom. The van der Waals surface area contributed by atoms with E-state index in [2.05, 4.69) is 44.3 Å². The molecule has 0 aliphatic carbocycles. The van der Waals surface area contributed by atoms with E-state index in [1.807, 2.05) is 38.4 Å². The van der Waals surface area contributed by atoms with Gasteiger partial charge in [0.15, 0.2) is 0 Å². The number of rotatable bonds is 4. The van der Waals surface area contributed by atoms with Crippen molar-refractivity contribution in [2.45, 2.75) is 6.54 Å². The Bertz CT molecular complexity index is 570. The third kappa shape index (κ3) is 3.88. The smallest absolute Gasteiger partial charge is 0.0412 e. The summed E-state index contributed by atoms with van der Waals surface area (Å²) in [4.78, 5) is 2.08. The van der Waals surface area contributed by atoms with Crippen molar-refractivity contribution in [2.24, 2.45) is 0 Å². The average molecular weight is 340 g/mol. The van der Waals surface area contributed by atoms with E-state index in [1.165, 1.54) is 5.69 Å². The van der Waals surface area contributed by atoms with Crippen LogP contribution in [-0.2, 0) is 6.54 Å². The lowest BCUT2D eigenvalue weighted by Crippen LogP contribution is -2.09. The minimum absolute atomic E-state index is 0.734. The molecule has 0 fully saturated rings. The summed E-state index contributed by atoms with van der Waals surface area (Å²) in [5, 5.41) is 4.16. The van der Waals surface area contributed by atoms with Crippen molar-refractivity contribution in [3.63, 3.8) is 0 Å². The average Bonchev–Trinajstić information content (AvgIpc) is 2.40. The molecule has 0 bridgehead atoms. The highest BCUT2D eigenvalue weighted by molar-refractivity contribution is 9.10. The van der Waals surface area contributed by atoms with Crippen LogP contribution in [0.2, 0.25) is 5.02 Å². The van der Waals surface area contributed by atoms with Crippen molar-refractivity contribution in [1.29, 1.82) is 0 Å². The van der Waals surface area contributed by atoms with Crippen molar-refractivity contribution in [3.8, 4) is 0 Å². The van der Waals surface area contributed by atoms with Crippen LogP contribution in [-0.4, -0.2) is 14.1 Å². The lowest BCUT2D eigenvalue weighted by molar-refractivity contribution is 1.11. The fourth-order valence-electron chi connectivity index (χ4n) is 1.77. The molecule has 1 N–H and O–H groups in total. The highest BCUT2D eigenvalue weighted by atomic mass is 79.9. The normalized spacial score (nSPS) is 10.3. The van der Waals surface area contributed by atoms with Gasteiger partial charge in [-0.15, -0.1) is 0 Å². The molecule has 0 aliphatic heterocycles. The maximum atomic E-state index is 6.01. The summed E-state index contributed by atoms with van der Waals surface area (Å²) < 4.78 is 1.06. The Morgan fingerprint density at radius 1 is 1.16 bits per heavy atom. The standard InChI is InChI=1S/C15H16BrClN2/c1-19(2)14-5-3-4-13(9-14)18-10-11-8-12(17)6-7-15(11)16/h3-9,18H,10H2,1-2H3. The predicted octanol–water partition coefficient (Wildman–Crippen LogP) is 4.78. The quantitative estimate of drug-likeness (QED) is 0.862. The van der Waals surface area contributed by atoms with Crippen molar-refractivity contribution >= 4 is 38.9 Å². The molecule has 0 aromatic heterocycles. The van der Waals surface area contributed by atoms with E-state index in [0.29, 0.717) is 0 Å². The molecule has 2 nitrogen and oxygen atoms in total. The first kappa shape index (κ1) is 14.2. The van der Waals surface area contributed by atoms with Gasteiger partial charge in [0.05, 0.1) is 0 Å². The number of hydrogen-bond acceptors (Lipinski definition) is 2. The molecule has 100 valence electrons. The van der Waals surface area contributed by atoms with Gasteiger partial charge in [-0.05, 0) is 42.0 Å². The Labute approximate surface area is 127 Å². The van der Waals surface area contributed by atoms with Crippen LogP contribution >= 0.6 is 27.5 Å². The van der Waals surface area contributed by atoms with Crippen LogP contribution < -0.4 is 10.2 Å². The largest absolute Gasteiger partial charge is 0.381 e. The monoisotopic (exact) mass is 338 g/mol. The number of anilines is 2. The van der Waals surface area contributed by atoms with Gasteiger partial charge in [0.25, 0.3) is 0 Å². The minimum atomic E-state index is 0.734. The van der Waals surface area contributed by atoms with Gasteiger partial charge in [-0.25, -0.2) is 0 Å². The molecule has 2 aromatic carbocycles. The summed E-state index contributed by atoms with van der Waals surface area (Å²) in [5.74, 6) is 0. The molecule has 0 spiro atoms. The summed E-state index contributed by atoms with van der Waals surface area (Å²) in [6.45, 7) is 0.734. The summed E-state index contributed by atoms with van der Waals surface area (Å²) in [7, 11) is 4.07. The van der Waals surface area contributed by atoms with Crippen molar-refractivity contribution in [3.05, 3.63) is 57.5 Å². The van der Waals surface area contributed by atoms with E-state index in [0.717, 1.165) is 27.3 Å². The predicted molar refractivity (Wildman–Crippen MR) is 87.2 cm³/mol. The second-order valence-electron chi connectivity index (χ2n) is 4.53. The molecule has 0 atom stereocenters. The van der Waals surface area contributed by atoms with Crippen molar-refractivity contribution in [1.82, 2.24) is 0 Å². The van der Waals surface area contributed by atoms with Gasteiger partial charge >= 0.3 is 0 Å². The van der Waals surface area contributed by atoms with E-state index >= 15 is 0 Å². The summed E-state index contributed by atoms with van der Waals surface area (Å²) in [6, 6.07) is 14.1. The summed E-state index contributed by atoms with van der Waals surface area (Å²) >= 11 is 9.54. The molecule has 2 aromatic rings. The Hall–Kier alpha value is -1.19. The molecule has 0 heterocycles. The number of nitrogens with one attached hydrogen (secondary N) is 1. The zero-order valence-corrected chi connectivity index (χ0v) is 13.3. The number of halogens is 2. The van der Waals surface area contributed by atoms with Crippen LogP contribution in [0.25, 0.3) is 0 Å². The van der Waals surface area contributed by atoms with Gasteiger partial charge in [0, 0.05) is 41.5 Å². The maximum absolute atomic E-state index is 6.01. The van der Waals surface area contributed by atoms with Gasteiger partial charge in [0.2, 0.25) is 0 Å². The van der Waals surface area contributed by atoms with Gasteiger partial charge in [-0.1, -0.05) is 33.6 Å². The Balaban J connectivity index is 2.10. The summed E-state index contributed by atoms with van der Waals surface area (Å²) in [6.07, 6.45) is 0. The molecule has 0 saturated heterocycles. The van der Waals surface area contributed by atoms with Crippen LogP contribution in [0.1, 0.15) is 5.56 Å². The SMILES string of the molecule is CN(C)c1cccc(NCc2cc(Cl)ccc2Br)c1. The molecule has 0 amide bonds. The number of hydrogen-bond donors (Lipinski definition) is 1. The van der Waals surface area contributed by atoms with Gasteiger partial charge in [0.1, 0.15) is 0 Å². The Morgan fingerprint density at radius 3 is 2.68 bits per heavy atom. The molecule has 2 rings (SSSR count). The third-order valence-electron chi connectivity index (χ3n) is 2.85. The first-order valence-corrected chi connectivity index (χ1v) is 7.18. The van der Waals surface area contributed by atoms with Crippen LogP contribution in [0.4, 0.5) is 11.4 Å².